The van der Waals surface area contributed by atoms with Gasteiger partial charge in [-0.25, -0.2) is 0 Å². The van der Waals surface area contributed by atoms with Crippen molar-refractivity contribution in [2.24, 2.45) is 0 Å². The first-order chi connectivity index (χ1) is 10.5. The highest BCUT2D eigenvalue weighted by molar-refractivity contribution is 6.03. The Labute approximate surface area is 131 Å². The molecule has 1 aliphatic heterocycles. The normalized spacial score (nSPS) is 17.2. The minimum atomic E-state index is -0.524. The smallest absolute Gasteiger partial charge is 0.268 e. The van der Waals surface area contributed by atoms with Gasteiger partial charge in [-0.3, -0.25) is 14.5 Å². The molecule has 0 aromatic heterocycles. The van der Waals surface area contributed by atoms with Crippen LogP contribution < -0.4 is 15.0 Å². The first-order valence-electron chi connectivity index (χ1n) is 7.51. The molecule has 1 aromatic rings. The molecule has 1 N–H and O–H groups in total. The van der Waals surface area contributed by atoms with Crippen LogP contribution in [0.1, 0.15) is 13.3 Å². The predicted octanol–water partition coefficient (Wildman–Crippen LogP) is 0.868. The van der Waals surface area contributed by atoms with Crippen LogP contribution in [0, 0.1) is 0 Å². The van der Waals surface area contributed by atoms with Gasteiger partial charge < -0.3 is 15.0 Å². The molecule has 2 rings (SSSR count). The molecule has 22 heavy (non-hydrogen) atoms. The Morgan fingerprint density at radius 3 is 2.77 bits per heavy atom. The summed E-state index contributed by atoms with van der Waals surface area (Å²) < 4.78 is 5.69. The molecule has 1 heterocycles. The van der Waals surface area contributed by atoms with Crippen LogP contribution in [0.2, 0.25) is 0 Å². The summed E-state index contributed by atoms with van der Waals surface area (Å²) >= 11 is 0. The van der Waals surface area contributed by atoms with Gasteiger partial charge in [0.15, 0.2) is 6.10 Å². The van der Waals surface area contributed by atoms with E-state index in [9.17, 15) is 9.59 Å². The fourth-order valence-corrected chi connectivity index (χ4v) is 2.32. The van der Waals surface area contributed by atoms with Crippen molar-refractivity contribution in [2.75, 3.05) is 38.6 Å². The van der Waals surface area contributed by atoms with E-state index in [1.165, 1.54) is 4.90 Å². The second-order valence-electron chi connectivity index (χ2n) is 5.56. The number of amides is 2. The average Bonchev–Trinajstić information content (AvgIpc) is 2.49. The minimum absolute atomic E-state index is 0.0170. The number of ether oxygens (including phenoxy) is 1. The van der Waals surface area contributed by atoms with Gasteiger partial charge in [0, 0.05) is 13.1 Å². The second-order valence-corrected chi connectivity index (χ2v) is 5.56. The lowest BCUT2D eigenvalue weighted by molar-refractivity contribution is -0.129. The molecule has 0 radical (unpaired) electrons. The molecule has 120 valence electrons. The molecule has 0 spiro atoms. The number of nitrogens with zero attached hydrogens (tertiary/aromatic N) is 2. The Balaban J connectivity index is 2.07. The van der Waals surface area contributed by atoms with E-state index < -0.39 is 6.10 Å². The molecule has 1 aromatic carbocycles. The van der Waals surface area contributed by atoms with Crippen LogP contribution in [0.3, 0.4) is 0 Å². The van der Waals surface area contributed by atoms with Crippen molar-refractivity contribution >= 4 is 17.5 Å². The molecule has 1 atom stereocenters. The molecular formula is C16H23N3O3. The number of hydrogen-bond acceptors (Lipinski definition) is 4. The zero-order valence-electron chi connectivity index (χ0n) is 13.3. The van der Waals surface area contributed by atoms with Gasteiger partial charge in [0.2, 0.25) is 5.91 Å². The lowest BCUT2D eigenvalue weighted by Crippen LogP contribution is -2.50. The third-order valence-electron chi connectivity index (χ3n) is 3.52. The van der Waals surface area contributed by atoms with Crippen molar-refractivity contribution in [3.63, 3.8) is 0 Å². The van der Waals surface area contributed by atoms with Crippen LogP contribution in [0.15, 0.2) is 24.3 Å². The van der Waals surface area contributed by atoms with E-state index >= 15 is 0 Å². The summed E-state index contributed by atoms with van der Waals surface area (Å²) in [4.78, 5) is 28.0. The maximum Gasteiger partial charge on any atom is 0.268 e. The van der Waals surface area contributed by atoms with Gasteiger partial charge in [-0.2, -0.15) is 0 Å². The van der Waals surface area contributed by atoms with Gasteiger partial charge in [0.25, 0.3) is 5.91 Å². The number of anilines is 1. The number of rotatable bonds is 6. The largest absolute Gasteiger partial charge is 0.478 e. The number of para-hydroxylation sites is 2. The number of nitrogens with one attached hydrogen (secondary N) is 1. The SMILES string of the molecule is CC[C@H]1Oc2ccccc2N(CC(=O)NCCN(C)C)C1=O. The zero-order chi connectivity index (χ0) is 16.1. The van der Waals surface area contributed by atoms with Crippen molar-refractivity contribution in [3.8, 4) is 5.75 Å². The highest BCUT2D eigenvalue weighted by Crippen LogP contribution is 2.34. The van der Waals surface area contributed by atoms with Crippen LogP contribution in [-0.2, 0) is 9.59 Å². The lowest BCUT2D eigenvalue weighted by atomic mass is 10.1. The number of benzene rings is 1. The van der Waals surface area contributed by atoms with E-state index in [2.05, 4.69) is 5.32 Å². The van der Waals surface area contributed by atoms with E-state index in [1.54, 1.807) is 6.07 Å². The standard InChI is InChI=1S/C16H23N3O3/c1-4-13-16(21)19(11-15(20)17-9-10-18(2)3)12-7-5-6-8-14(12)22-13/h5-8,13H,4,9-11H2,1-3H3,(H,17,20)/t13-/m1/s1. The Hall–Kier alpha value is -2.08. The summed E-state index contributed by atoms with van der Waals surface area (Å²) in [6.07, 6.45) is 0.0517. The van der Waals surface area contributed by atoms with Gasteiger partial charge in [-0.1, -0.05) is 19.1 Å². The zero-order valence-corrected chi connectivity index (χ0v) is 13.3. The predicted molar refractivity (Wildman–Crippen MR) is 85.1 cm³/mol. The topological polar surface area (TPSA) is 61.9 Å². The summed E-state index contributed by atoms with van der Waals surface area (Å²) in [6, 6.07) is 7.31. The molecular weight excluding hydrogens is 282 g/mol. The van der Waals surface area contributed by atoms with Crippen molar-refractivity contribution in [1.29, 1.82) is 0 Å². The van der Waals surface area contributed by atoms with E-state index in [1.807, 2.05) is 44.1 Å². The van der Waals surface area contributed by atoms with Gasteiger partial charge >= 0.3 is 0 Å². The highest BCUT2D eigenvalue weighted by atomic mass is 16.5. The molecule has 0 unspecified atom stereocenters. The van der Waals surface area contributed by atoms with Crippen molar-refractivity contribution < 1.29 is 14.3 Å². The van der Waals surface area contributed by atoms with Crippen molar-refractivity contribution in [1.82, 2.24) is 10.2 Å². The van der Waals surface area contributed by atoms with Crippen LogP contribution in [-0.4, -0.2) is 56.5 Å². The Bertz CT molecular complexity index is 545. The molecule has 0 bridgehead atoms. The molecule has 2 amide bonds. The summed E-state index contributed by atoms with van der Waals surface area (Å²) in [6.45, 7) is 3.23. The molecule has 0 aliphatic carbocycles. The summed E-state index contributed by atoms with van der Waals surface area (Å²) in [5, 5.41) is 2.83. The molecule has 6 heteroatoms. The van der Waals surface area contributed by atoms with Crippen LogP contribution in [0.25, 0.3) is 0 Å². The Kier molecular flexibility index (Phi) is 5.38. The van der Waals surface area contributed by atoms with Gasteiger partial charge in [0.05, 0.1) is 5.69 Å². The Morgan fingerprint density at radius 1 is 1.36 bits per heavy atom. The van der Waals surface area contributed by atoms with Crippen LogP contribution >= 0.6 is 0 Å². The fraction of sp³-hybridized carbons (Fsp3) is 0.500. The van der Waals surface area contributed by atoms with Crippen LogP contribution in [0.5, 0.6) is 5.75 Å². The molecule has 0 saturated heterocycles. The molecule has 0 saturated carbocycles. The number of fused-ring (bicyclic) bond motifs is 1. The molecule has 1 aliphatic rings. The molecule has 0 fully saturated rings. The van der Waals surface area contributed by atoms with Crippen molar-refractivity contribution in [3.05, 3.63) is 24.3 Å². The first-order valence-corrected chi connectivity index (χ1v) is 7.51. The summed E-state index contributed by atoms with van der Waals surface area (Å²) in [5.41, 5.74) is 0.653. The van der Waals surface area contributed by atoms with Gasteiger partial charge in [0.1, 0.15) is 12.3 Å². The number of carbonyl (C=O) groups excluding carboxylic acids is 2. The average molecular weight is 305 g/mol. The van der Waals surface area contributed by atoms with Crippen molar-refractivity contribution in [2.45, 2.75) is 19.4 Å². The first kappa shape index (κ1) is 16.3. The maximum absolute atomic E-state index is 12.4. The number of likely N-dealkylation sites (N-methyl/N-ethyl adjacent to an activating group) is 1. The summed E-state index contributed by atoms with van der Waals surface area (Å²) in [7, 11) is 3.89. The second kappa shape index (κ2) is 7.26. The Morgan fingerprint density at radius 2 is 2.09 bits per heavy atom. The van der Waals surface area contributed by atoms with Gasteiger partial charge in [-0.05, 0) is 32.6 Å². The minimum Gasteiger partial charge on any atom is -0.478 e. The third-order valence-corrected chi connectivity index (χ3v) is 3.52. The van der Waals surface area contributed by atoms with Crippen LogP contribution in [0.4, 0.5) is 5.69 Å². The summed E-state index contributed by atoms with van der Waals surface area (Å²) in [5.74, 6) is 0.320. The lowest BCUT2D eigenvalue weighted by Gasteiger charge is -2.33. The third kappa shape index (κ3) is 3.76. The quantitative estimate of drug-likeness (QED) is 0.847. The number of carbonyl (C=O) groups is 2. The van der Waals surface area contributed by atoms with Gasteiger partial charge in [-0.15, -0.1) is 0 Å². The van der Waals surface area contributed by atoms with E-state index in [-0.39, 0.29) is 18.4 Å². The monoisotopic (exact) mass is 305 g/mol. The fourth-order valence-electron chi connectivity index (χ4n) is 2.32. The van der Waals surface area contributed by atoms with E-state index in [4.69, 9.17) is 4.74 Å². The van der Waals surface area contributed by atoms with E-state index in [0.29, 0.717) is 24.4 Å². The number of hydrogen-bond donors (Lipinski definition) is 1. The highest BCUT2D eigenvalue weighted by Gasteiger charge is 2.33. The maximum atomic E-state index is 12.4. The van der Waals surface area contributed by atoms with E-state index in [0.717, 1.165) is 6.54 Å². The molecule has 6 nitrogen and oxygen atoms in total.